The minimum atomic E-state index is -0.517. The van der Waals surface area contributed by atoms with Gasteiger partial charge >= 0.3 is 0 Å². The first-order valence-corrected chi connectivity index (χ1v) is 5.36. The lowest BCUT2D eigenvalue weighted by molar-refractivity contribution is -0.385. The third-order valence-corrected chi connectivity index (χ3v) is 2.14. The molecule has 0 aliphatic carbocycles. The van der Waals surface area contributed by atoms with Gasteiger partial charge in [0.2, 0.25) is 5.88 Å². The van der Waals surface area contributed by atoms with E-state index in [1.54, 1.807) is 6.20 Å². The van der Waals surface area contributed by atoms with Crippen LogP contribution in [0.4, 0.5) is 5.69 Å². The van der Waals surface area contributed by atoms with Gasteiger partial charge in [0.15, 0.2) is 0 Å². The Bertz CT molecular complexity index is 540. The zero-order valence-corrected chi connectivity index (χ0v) is 9.68. The fraction of sp³-hybridized carbons (Fsp3) is 0.300. The van der Waals surface area contributed by atoms with E-state index in [1.807, 2.05) is 6.92 Å². The van der Waals surface area contributed by atoms with Crippen LogP contribution in [0.3, 0.4) is 0 Å². The minimum absolute atomic E-state index is 0.121. The Morgan fingerprint density at radius 3 is 3.00 bits per heavy atom. The lowest BCUT2D eigenvalue weighted by atomic mass is 10.3. The molecule has 2 heterocycles. The van der Waals surface area contributed by atoms with Crippen molar-refractivity contribution in [1.29, 1.82) is 0 Å². The van der Waals surface area contributed by atoms with E-state index in [0.717, 1.165) is 12.6 Å². The van der Waals surface area contributed by atoms with Gasteiger partial charge in [0.1, 0.15) is 11.9 Å². The molecule has 2 aromatic rings. The van der Waals surface area contributed by atoms with Crippen LogP contribution in [0.5, 0.6) is 5.88 Å². The van der Waals surface area contributed by atoms with Crippen molar-refractivity contribution in [2.45, 2.75) is 13.3 Å². The van der Waals surface area contributed by atoms with E-state index in [2.05, 4.69) is 15.3 Å². The first-order chi connectivity index (χ1) is 8.72. The second-order valence-electron chi connectivity index (χ2n) is 3.47. The number of ether oxygens (including phenoxy) is 1. The molecule has 0 spiro atoms. The van der Waals surface area contributed by atoms with Crippen molar-refractivity contribution in [3.05, 3.63) is 34.8 Å². The van der Waals surface area contributed by atoms with E-state index < -0.39 is 4.92 Å². The molecular weight excluding hydrogens is 238 g/mol. The van der Waals surface area contributed by atoms with E-state index in [0.29, 0.717) is 18.2 Å². The summed E-state index contributed by atoms with van der Waals surface area (Å²) < 4.78 is 6.80. The summed E-state index contributed by atoms with van der Waals surface area (Å²) in [5.41, 5.74) is 0.277. The van der Waals surface area contributed by atoms with Crippen LogP contribution >= 0.6 is 0 Å². The second-order valence-corrected chi connectivity index (χ2v) is 3.47. The highest BCUT2D eigenvalue weighted by atomic mass is 16.6. The number of pyridine rings is 1. The van der Waals surface area contributed by atoms with Crippen molar-refractivity contribution in [2.24, 2.45) is 0 Å². The van der Waals surface area contributed by atoms with Crippen LogP contribution in [0.1, 0.15) is 13.3 Å². The van der Waals surface area contributed by atoms with Crippen LogP contribution in [0.2, 0.25) is 0 Å². The molecule has 0 N–H and O–H groups in total. The molecule has 0 aliphatic heterocycles. The number of hydrogen-bond acceptors (Lipinski definition) is 6. The normalized spacial score (nSPS) is 10.3. The fourth-order valence-electron chi connectivity index (χ4n) is 1.34. The van der Waals surface area contributed by atoms with Crippen molar-refractivity contribution in [3.63, 3.8) is 0 Å². The number of aromatic nitrogens is 4. The van der Waals surface area contributed by atoms with Gasteiger partial charge in [0.25, 0.3) is 5.69 Å². The molecule has 0 unspecified atom stereocenters. The highest BCUT2D eigenvalue weighted by Gasteiger charge is 2.15. The molecule has 0 saturated heterocycles. The molecule has 18 heavy (non-hydrogen) atoms. The Balaban J connectivity index is 2.43. The topological polar surface area (TPSA) is 96.0 Å². The maximum atomic E-state index is 10.7. The molecule has 2 aromatic heterocycles. The van der Waals surface area contributed by atoms with Gasteiger partial charge in [-0.15, -0.1) is 5.10 Å². The van der Waals surface area contributed by atoms with Crippen LogP contribution < -0.4 is 4.74 Å². The number of nitro groups is 1. The Morgan fingerprint density at radius 2 is 2.39 bits per heavy atom. The number of nitrogens with zero attached hydrogens (tertiary/aromatic N) is 5. The Morgan fingerprint density at radius 1 is 1.56 bits per heavy atom. The zero-order valence-electron chi connectivity index (χ0n) is 9.68. The van der Waals surface area contributed by atoms with E-state index in [1.165, 1.54) is 16.9 Å². The molecule has 0 fully saturated rings. The minimum Gasteiger partial charge on any atom is -0.476 e. The van der Waals surface area contributed by atoms with Crippen LogP contribution in [0.25, 0.3) is 5.69 Å². The molecule has 0 saturated carbocycles. The summed E-state index contributed by atoms with van der Waals surface area (Å²) in [4.78, 5) is 14.2. The van der Waals surface area contributed by atoms with Crippen molar-refractivity contribution >= 4 is 5.69 Å². The van der Waals surface area contributed by atoms with Crippen molar-refractivity contribution in [2.75, 3.05) is 6.61 Å². The van der Waals surface area contributed by atoms with Gasteiger partial charge in [-0.05, 0) is 6.42 Å². The molecule has 0 aromatic carbocycles. The van der Waals surface area contributed by atoms with Crippen LogP contribution in [-0.2, 0) is 0 Å². The van der Waals surface area contributed by atoms with Gasteiger partial charge in [0.05, 0.1) is 23.9 Å². The standard InChI is InChI=1S/C10H11N5O3/c1-2-5-18-10-9(14-4-3-12-13-14)6-8(7-11-10)15(16)17/h3-4,6-7H,2,5H2,1H3. The third-order valence-electron chi connectivity index (χ3n) is 2.14. The first kappa shape index (κ1) is 12.0. The van der Waals surface area contributed by atoms with E-state index in [4.69, 9.17) is 4.74 Å². The summed E-state index contributed by atoms with van der Waals surface area (Å²) in [6.07, 6.45) is 5.02. The van der Waals surface area contributed by atoms with Gasteiger partial charge in [0, 0.05) is 6.07 Å². The summed E-state index contributed by atoms with van der Waals surface area (Å²) in [5, 5.41) is 18.2. The number of hydrogen-bond donors (Lipinski definition) is 0. The van der Waals surface area contributed by atoms with Crippen molar-refractivity contribution in [1.82, 2.24) is 20.0 Å². The third kappa shape index (κ3) is 2.42. The lowest BCUT2D eigenvalue weighted by Crippen LogP contribution is -2.05. The molecule has 0 radical (unpaired) electrons. The van der Waals surface area contributed by atoms with Crippen molar-refractivity contribution in [3.8, 4) is 11.6 Å². The molecule has 8 heteroatoms. The molecule has 0 atom stereocenters. The molecule has 8 nitrogen and oxygen atoms in total. The monoisotopic (exact) mass is 249 g/mol. The van der Waals surface area contributed by atoms with E-state index in [-0.39, 0.29) is 5.69 Å². The largest absolute Gasteiger partial charge is 0.476 e. The molecule has 94 valence electrons. The fourth-order valence-corrected chi connectivity index (χ4v) is 1.34. The van der Waals surface area contributed by atoms with E-state index in [9.17, 15) is 10.1 Å². The van der Waals surface area contributed by atoms with E-state index >= 15 is 0 Å². The SMILES string of the molecule is CCCOc1ncc([N+](=O)[O-])cc1-n1ccnn1. The lowest BCUT2D eigenvalue weighted by Gasteiger charge is -2.08. The Kier molecular flexibility index (Phi) is 3.46. The molecular formula is C10H11N5O3. The molecule has 0 bridgehead atoms. The molecule has 2 rings (SSSR count). The van der Waals surface area contributed by atoms with Crippen LogP contribution in [0, 0.1) is 10.1 Å². The molecule has 0 amide bonds. The highest BCUT2D eigenvalue weighted by molar-refractivity contribution is 5.47. The summed E-state index contributed by atoms with van der Waals surface area (Å²) in [6, 6.07) is 1.35. The first-order valence-electron chi connectivity index (χ1n) is 5.36. The average molecular weight is 249 g/mol. The van der Waals surface area contributed by atoms with Gasteiger partial charge in [-0.3, -0.25) is 10.1 Å². The zero-order chi connectivity index (χ0) is 13.0. The number of rotatable bonds is 5. The summed E-state index contributed by atoms with van der Waals surface area (Å²) >= 11 is 0. The van der Waals surface area contributed by atoms with Gasteiger partial charge in [-0.25, -0.2) is 9.67 Å². The summed E-state index contributed by atoms with van der Waals surface area (Å²) in [7, 11) is 0. The highest BCUT2D eigenvalue weighted by Crippen LogP contribution is 2.24. The summed E-state index contributed by atoms with van der Waals surface area (Å²) in [6.45, 7) is 2.44. The predicted molar refractivity (Wildman–Crippen MR) is 61.6 cm³/mol. The Hall–Kier alpha value is -2.51. The predicted octanol–water partition coefficient (Wildman–Crippen LogP) is 1.36. The summed E-state index contributed by atoms with van der Waals surface area (Å²) in [5.74, 6) is 0.299. The molecule has 0 aliphatic rings. The second kappa shape index (κ2) is 5.21. The maximum absolute atomic E-state index is 10.7. The average Bonchev–Trinajstić information content (AvgIpc) is 2.89. The van der Waals surface area contributed by atoms with Crippen LogP contribution in [-0.4, -0.2) is 31.5 Å². The van der Waals surface area contributed by atoms with Gasteiger partial charge in [-0.2, -0.15) is 0 Å². The quantitative estimate of drug-likeness (QED) is 0.586. The van der Waals surface area contributed by atoms with Crippen LogP contribution in [0.15, 0.2) is 24.7 Å². The maximum Gasteiger partial charge on any atom is 0.290 e. The smallest absolute Gasteiger partial charge is 0.290 e. The van der Waals surface area contributed by atoms with Crippen molar-refractivity contribution < 1.29 is 9.66 Å². The van der Waals surface area contributed by atoms with Gasteiger partial charge in [-0.1, -0.05) is 12.1 Å². The Labute approximate surface area is 102 Å². The van der Waals surface area contributed by atoms with Gasteiger partial charge < -0.3 is 4.74 Å².